The van der Waals surface area contributed by atoms with E-state index in [2.05, 4.69) is 4.98 Å². The normalized spacial score (nSPS) is 15.6. The SMILES string of the molecule is COc1ccc2c(C(=O)O)nc(C3CCC3)n2c1. The van der Waals surface area contributed by atoms with Gasteiger partial charge in [0.15, 0.2) is 5.69 Å². The first kappa shape index (κ1) is 11.1. The average Bonchev–Trinajstić information content (AvgIpc) is 2.66. The molecule has 5 heteroatoms. The number of hydrogen-bond acceptors (Lipinski definition) is 3. The number of ether oxygens (including phenoxy) is 1. The Morgan fingerprint density at radius 2 is 2.28 bits per heavy atom. The number of imidazole rings is 1. The van der Waals surface area contributed by atoms with Crippen LogP contribution < -0.4 is 4.74 Å². The molecule has 0 aliphatic heterocycles. The Balaban J connectivity index is 2.23. The summed E-state index contributed by atoms with van der Waals surface area (Å²) in [6.07, 6.45) is 5.15. The fourth-order valence-electron chi connectivity index (χ4n) is 2.32. The van der Waals surface area contributed by atoms with Crippen LogP contribution in [0.15, 0.2) is 18.3 Å². The zero-order valence-electron chi connectivity index (χ0n) is 10.1. The number of nitrogens with zero attached hydrogens (tertiary/aromatic N) is 2. The predicted octanol–water partition coefficient (Wildman–Crippen LogP) is 2.31. The zero-order chi connectivity index (χ0) is 12.7. The summed E-state index contributed by atoms with van der Waals surface area (Å²) in [7, 11) is 1.60. The molecule has 18 heavy (non-hydrogen) atoms. The van der Waals surface area contributed by atoms with E-state index in [0.29, 0.717) is 17.2 Å². The number of methoxy groups -OCH3 is 1. The Kier molecular flexibility index (Phi) is 2.47. The Hall–Kier alpha value is -2.04. The summed E-state index contributed by atoms with van der Waals surface area (Å²) in [4.78, 5) is 15.5. The molecular weight excluding hydrogens is 232 g/mol. The summed E-state index contributed by atoms with van der Waals surface area (Å²) in [6, 6.07) is 3.51. The number of aromatic nitrogens is 2. The summed E-state index contributed by atoms with van der Waals surface area (Å²) >= 11 is 0. The standard InChI is InChI=1S/C13H14N2O3/c1-18-9-5-6-10-11(13(16)17)14-12(15(10)7-9)8-3-2-4-8/h5-8H,2-4H2,1H3,(H,16,17). The van der Waals surface area contributed by atoms with Crippen molar-refractivity contribution in [1.29, 1.82) is 0 Å². The molecule has 0 unspecified atom stereocenters. The fraction of sp³-hybridized carbons (Fsp3) is 0.385. The molecule has 2 aromatic heterocycles. The summed E-state index contributed by atoms with van der Waals surface area (Å²) in [5.41, 5.74) is 0.754. The van der Waals surface area contributed by atoms with E-state index < -0.39 is 5.97 Å². The lowest BCUT2D eigenvalue weighted by Gasteiger charge is -2.24. The largest absolute Gasteiger partial charge is 0.495 e. The van der Waals surface area contributed by atoms with Gasteiger partial charge in [0.1, 0.15) is 11.6 Å². The first-order valence-electron chi connectivity index (χ1n) is 6.00. The molecule has 0 aromatic carbocycles. The number of hydrogen-bond donors (Lipinski definition) is 1. The van der Waals surface area contributed by atoms with Gasteiger partial charge in [0.2, 0.25) is 0 Å². The number of carboxylic acids is 1. The molecule has 5 nitrogen and oxygen atoms in total. The van der Waals surface area contributed by atoms with E-state index in [4.69, 9.17) is 4.74 Å². The lowest BCUT2D eigenvalue weighted by Crippen LogP contribution is -2.12. The van der Waals surface area contributed by atoms with E-state index in [1.54, 1.807) is 19.2 Å². The van der Waals surface area contributed by atoms with Crippen molar-refractivity contribution in [2.75, 3.05) is 7.11 Å². The lowest BCUT2D eigenvalue weighted by molar-refractivity contribution is 0.0693. The summed E-state index contributed by atoms with van der Waals surface area (Å²) in [5.74, 6) is 0.936. The maximum atomic E-state index is 11.2. The maximum Gasteiger partial charge on any atom is 0.356 e. The maximum absolute atomic E-state index is 11.2. The molecule has 1 N–H and O–H groups in total. The van der Waals surface area contributed by atoms with Crippen molar-refractivity contribution in [3.05, 3.63) is 29.8 Å². The van der Waals surface area contributed by atoms with Crippen LogP contribution in [0.1, 0.15) is 41.5 Å². The smallest absolute Gasteiger partial charge is 0.356 e. The second-order valence-electron chi connectivity index (χ2n) is 4.58. The van der Waals surface area contributed by atoms with Gasteiger partial charge in [-0.05, 0) is 25.0 Å². The first-order valence-corrected chi connectivity index (χ1v) is 6.00. The second-order valence-corrected chi connectivity index (χ2v) is 4.58. The molecule has 2 aromatic rings. The molecule has 94 valence electrons. The molecule has 0 saturated heterocycles. The van der Waals surface area contributed by atoms with Crippen LogP contribution in [0.3, 0.4) is 0 Å². The zero-order valence-corrected chi connectivity index (χ0v) is 10.1. The second kappa shape index (κ2) is 4.01. The predicted molar refractivity (Wildman–Crippen MR) is 65.3 cm³/mol. The van der Waals surface area contributed by atoms with Gasteiger partial charge >= 0.3 is 5.97 Å². The van der Waals surface area contributed by atoms with Crippen molar-refractivity contribution in [3.8, 4) is 5.75 Å². The van der Waals surface area contributed by atoms with Crippen molar-refractivity contribution in [2.45, 2.75) is 25.2 Å². The van der Waals surface area contributed by atoms with Gasteiger partial charge in [-0.1, -0.05) is 6.42 Å². The molecular formula is C13H14N2O3. The van der Waals surface area contributed by atoms with Crippen molar-refractivity contribution < 1.29 is 14.6 Å². The third-order valence-corrected chi connectivity index (χ3v) is 3.55. The van der Waals surface area contributed by atoms with Crippen LogP contribution in [-0.2, 0) is 0 Å². The van der Waals surface area contributed by atoms with Gasteiger partial charge in [0.25, 0.3) is 0 Å². The lowest BCUT2D eigenvalue weighted by atomic mass is 9.85. The molecule has 1 aliphatic carbocycles. The van der Waals surface area contributed by atoms with Gasteiger partial charge < -0.3 is 9.84 Å². The molecule has 1 fully saturated rings. The van der Waals surface area contributed by atoms with Gasteiger partial charge in [0.05, 0.1) is 18.8 Å². The van der Waals surface area contributed by atoms with Crippen molar-refractivity contribution in [2.24, 2.45) is 0 Å². The highest BCUT2D eigenvalue weighted by Gasteiger charge is 2.27. The van der Waals surface area contributed by atoms with Crippen LogP contribution >= 0.6 is 0 Å². The van der Waals surface area contributed by atoms with E-state index in [1.807, 2.05) is 10.6 Å². The molecule has 0 atom stereocenters. The van der Waals surface area contributed by atoms with Crippen molar-refractivity contribution in [1.82, 2.24) is 9.38 Å². The van der Waals surface area contributed by atoms with E-state index >= 15 is 0 Å². The van der Waals surface area contributed by atoms with E-state index in [-0.39, 0.29) is 5.69 Å². The molecule has 1 aliphatic rings. The van der Waals surface area contributed by atoms with Crippen molar-refractivity contribution in [3.63, 3.8) is 0 Å². The van der Waals surface area contributed by atoms with Gasteiger partial charge in [0, 0.05) is 5.92 Å². The Morgan fingerprint density at radius 3 is 2.83 bits per heavy atom. The highest BCUT2D eigenvalue weighted by Crippen LogP contribution is 2.36. The van der Waals surface area contributed by atoms with E-state index in [9.17, 15) is 9.90 Å². The summed E-state index contributed by atoms with van der Waals surface area (Å²) < 4.78 is 7.04. The Morgan fingerprint density at radius 1 is 1.50 bits per heavy atom. The molecule has 2 heterocycles. The summed E-state index contributed by atoms with van der Waals surface area (Å²) in [6.45, 7) is 0. The Labute approximate surface area is 104 Å². The molecule has 3 rings (SSSR count). The number of carboxylic acid groups (broad SMARTS) is 1. The minimum atomic E-state index is -0.983. The minimum absolute atomic E-state index is 0.125. The van der Waals surface area contributed by atoms with Crippen LogP contribution in [0.4, 0.5) is 0 Å². The molecule has 0 bridgehead atoms. The average molecular weight is 246 g/mol. The number of carbonyl (C=O) groups is 1. The van der Waals surface area contributed by atoms with Crippen molar-refractivity contribution >= 4 is 11.5 Å². The first-order chi connectivity index (χ1) is 8.70. The number of aromatic carboxylic acids is 1. The van der Waals surface area contributed by atoms with Crippen LogP contribution in [0, 0.1) is 0 Å². The number of pyridine rings is 1. The van der Waals surface area contributed by atoms with E-state index in [0.717, 1.165) is 18.7 Å². The topological polar surface area (TPSA) is 63.8 Å². The third kappa shape index (κ3) is 1.54. The monoisotopic (exact) mass is 246 g/mol. The van der Waals surface area contributed by atoms with Gasteiger partial charge in [-0.2, -0.15) is 0 Å². The van der Waals surface area contributed by atoms with Crippen LogP contribution in [0.5, 0.6) is 5.75 Å². The summed E-state index contributed by atoms with van der Waals surface area (Å²) in [5, 5.41) is 9.19. The molecule has 0 amide bonds. The number of rotatable bonds is 3. The quantitative estimate of drug-likeness (QED) is 0.902. The minimum Gasteiger partial charge on any atom is -0.495 e. The van der Waals surface area contributed by atoms with Crippen LogP contribution in [0.25, 0.3) is 5.52 Å². The van der Waals surface area contributed by atoms with Crippen LogP contribution in [-0.4, -0.2) is 27.6 Å². The highest BCUT2D eigenvalue weighted by atomic mass is 16.5. The van der Waals surface area contributed by atoms with Crippen LogP contribution in [0.2, 0.25) is 0 Å². The highest BCUT2D eigenvalue weighted by molar-refractivity contribution is 5.93. The molecule has 0 radical (unpaired) electrons. The molecule has 0 spiro atoms. The molecule has 1 saturated carbocycles. The third-order valence-electron chi connectivity index (χ3n) is 3.55. The van der Waals surface area contributed by atoms with Gasteiger partial charge in [-0.25, -0.2) is 9.78 Å². The number of fused-ring (bicyclic) bond motifs is 1. The van der Waals surface area contributed by atoms with E-state index in [1.165, 1.54) is 6.42 Å². The van der Waals surface area contributed by atoms with Gasteiger partial charge in [-0.3, -0.25) is 4.40 Å². The van der Waals surface area contributed by atoms with Gasteiger partial charge in [-0.15, -0.1) is 0 Å². The Bertz CT molecular complexity index is 614. The fourth-order valence-corrected chi connectivity index (χ4v) is 2.32.